The number of ether oxygens (including phenoxy) is 2. The maximum Gasteiger partial charge on any atom is 0.331 e. The summed E-state index contributed by atoms with van der Waals surface area (Å²) >= 11 is 0. The first-order chi connectivity index (χ1) is 14.7. The molecule has 2 rings (SSSR count). The molecule has 0 spiro atoms. The van der Waals surface area contributed by atoms with Crippen LogP contribution in [0.5, 0.6) is 5.75 Å². The Bertz CT molecular complexity index is 1010. The fourth-order valence-electron chi connectivity index (χ4n) is 2.40. The SMILES string of the molecule is CCC(C)NC(=O)COC(=O)/C=C/c1ccc(S(=O)(=O)Nc2ccc(OC)cc2)cc1. The van der Waals surface area contributed by atoms with Crippen LogP contribution in [0.15, 0.2) is 59.5 Å². The van der Waals surface area contributed by atoms with Crippen LogP contribution in [0.4, 0.5) is 5.69 Å². The van der Waals surface area contributed by atoms with Crippen LogP contribution < -0.4 is 14.8 Å². The van der Waals surface area contributed by atoms with Gasteiger partial charge in [0, 0.05) is 17.8 Å². The minimum atomic E-state index is -3.76. The maximum absolute atomic E-state index is 12.5. The van der Waals surface area contributed by atoms with Crippen molar-refractivity contribution in [2.45, 2.75) is 31.2 Å². The van der Waals surface area contributed by atoms with E-state index in [1.165, 1.54) is 31.4 Å². The van der Waals surface area contributed by atoms with Gasteiger partial charge in [-0.2, -0.15) is 0 Å². The summed E-state index contributed by atoms with van der Waals surface area (Å²) in [6.45, 7) is 3.43. The van der Waals surface area contributed by atoms with Gasteiger partial charge < -0.3 is 14.8 Å². The van der Waals surface area contributed by atoms with Crippen molar-refractivity contribution in [3.8, 4) is 5.75 Å². The van der Waals surface area contributed by atoms with Gasteiger partial charge in [0.1, 0.15) is 5.75 Å². The van der Waals surface area contributed by atoms with Gasteiger partial charge in [0.05, 0.1) is 12.0 Å². The lowest BCUT2D eigenvalue weighted by atomic mass is 10.2. The first-order valence-electron chi connectivity index (χ1n) is 9.64. The van der Waals surface area contributed by atoms with Crippen molar-refractivity contribution in [3.05, 3.63) is 60.2 Å². The molecule has 0 heterocycles. The molecular formula is C22H26N2O6S. The van der Waals surface area contributed by atoms with E-state index in [-0.39, 0.29) is 23.5 Å². The number of hydrogen-bond donors (Lipinski definition) is 2. The number of sulfonamides is 1. The number of anilines is 1. The van der Waals surface area contributed by atoms with Crippen LogP contribution in [0.1, 0.15) is 25.8 Å². The van der Waals surface area contributed by atoms with Crippen LogP contribution in [0.25, 0.3) is 6.08 Å². The second-order valence-corrected chi connectivity index (χ2v) is 8.40. The largest absolute Gasteiger partial charge is 0.497 e. The smallest absolute Gasteiger partial charge is 0.331 e. The highest BCUT2D eigenvalue weighted by Gasteiger charge is 2.14. The fraction of sp³-hybridized carbons (Fsp3) is 0.273. The third-order valence-electron chi connectivity index (χ3n) is 4.31. The highest BCUT2D eigenvalue weighted by atomic mass is 32.2. The zero-order valence-electron chi connectivity index (χ0n) is 17.6. The van der Waals surface area contributed by atoms with E-state index in [1.807, 2.05) is 13.8 Å². The number of amides is 1. The van der Waals surface area contributed by atoms with Gasteiger partial charge in [-0.25, -0.2) is 13.2 Å². The molecule has 1 atom stereocenters. The Morgan fingerprint density at radius 3 is 2.29 bits per heavy atom. The van der Waals surface area contributed by atoms with Gasteiger partial charge in [-0.05, 0) is 61.4 Å². The van der Waals surface area contributed by atoms with Gasteiger partial charge in [0.15, 0.2) is 6.61 Å². The van der Waals surface area contributed by atoms with Gasteiger partial charge in [-0.15, -0.1) is 0 Å². The van der Waals surface area contributed by atoms with Crippen molar-refractivity contribution >= 4 is 33.7 Å². The zero-order valence-corrected chi connectivity index (χ0v) is 18.4. The molecule has 0 aliphatic carbocycles. The Morgan fingerprint density at radius 2 is 1.71 bits per heavy atom. The van der Waals surface area contributed by atoms with E-state index in [2.05, 4.69) is 10.0 Å². The summed E-state index contributed by atoms with van der Waals surface area (Å²) in [6, 6.07) is 12.5. The Labute approximate surface area is 182 Å². The number of hydrogen-bond acceptors (Lipinski definition) is 6. The first-order valence-corrected chi connectivity index (χ1v) is 11.1. The normalized spacial score (nSPS) is 12.2. The molecule has 0 fully saturated rings. The monoisotopic (exact) mass is 446 g/mol. The van der Waals surface area contributed by atoms with E-state index in [4.69, 9.17) is 9.47 Å². The summed E-state index contributed by atoms with van der Waals surface area (Å²) in [7, 11) is -2.23. The zero-order chi connectivity index (χ0) is 22.9. The second-order valence-electron chi connectivity index (χ2n) is 6.72. The van der Waals surface area contributed by atoms with Crippen molar-refractivity contribution in [3.63, 3.8) is 0 Å². The summed E-state index contributed by atoms with van der Waals surface area (Å²) in [4.78, 5) is 23.4. The molecule has 0 bridgehead atoms. The maximum atomic E-state index is 12.5. The number of methoxy groups -OCH3 is 1. The molecule has 9 heteroatoms. The van der Waals surface area contributed by atoms with Crippen molar-refractivity contribution in [1.82, 2.24) is 5.32 Å². The summed E-state index contributed by atoms with van der Waals surface area (Å²) in [5, 5.41) is 2.69. The number of esters is 1. The topological polar surface area (TPSA) is 111 Å². The number of carbonyl (C=O) groups excluding carboxylic acids is 2. The molecular weight excluding hydrogens is 420 g/mol. The lowest BCUT2D eigenvalue weighted by molar-refractivity contribution is -0.144. The average molecular weight is 447 g/mol. The van der Waals surface area contributed by atoms with Crippen LogP contribution in [0, 0.1) is 0 Å². The predicted octanol–water partition coefficient (Wildman–Crippen LogP) is 2.97. The quantitative estimate of drug-likeness (QED) is 0.429. The molecule has 0 aliphatic rings. The van der Waals surface area contributed by atoms with Crippen LogP contribution in [-0.2, 0) is 24.3 Å². The third-order valence-corrected chi connectivity index (χ3v) is 5.71. The predicted molar refractivity (Wildman–Crippen MR) is 118 cm³/mol. The van der Waals surface area contributed by atoms with E-state index in [0.29, 0.717) is 17.0 Å². The number of nitrogens with one attached hydrogen (secondary N) is 2. The molecule has 2 N–H and O–H groups in total. The van der Waals surface area contributed by atoms with Crippen molar-refractivity contribution in [2.24, 2.45) is 0 Å². The summed E-state index contributed by atoms with van der Waals surface area (Å²) < 4.78 is 37.4. The molecule has 0 saturated carbocycles. The van der Waals surface area contributed by atoms with Gasteiger partial charge in [0.25, 0.3) is 15.9 Å². The molecule has 166 valence electrons. The Kier molecular flexibility index (Phi) is 8.63. The molecule has 0 aliphatic heterocycles. The lowest BCUT2D eigenvalue weighted by Gasteiger charge is -2.10. The van der Waals surface area contributed by atoms with Crippen LogP contribution >= 0.6 is 0 Å². The van der Waals surface area contributed by atoms with E-state index >= 15 is 0 Å². The molecule has 2 aromatic rings. The van der Waals surface area contributed by atoms with Crippen LogP contribution in [0.2, 0.25) is 0 Å². The van der Waals surface area contributed by atoms with Crippen molar-refractivity contribution in [2.75, 3.05) is 18.4 Å². The molecule has 0 aromatic heterocycles. The molecule has 0 radical (unpaired) electrons. The summed E-state index contributed by atoms with van der Waals surface area (Å²) in [5.41, 5.74) is 1.01. The van der Waals surface area contributed by atoms with E-state index in [9.17, 15) is 18.0 Å². The van der Waals surface area contributed by atoms with Crippen LogP contribution in [0.3, 0.4) is 0 Å². The number of benzene rings is 2. The van der Waals surface area contributed by atoms with Gasteiger partial charge in [0.2, 0.25) is 0 Å². The molecule has 0 saturated heterocycles. The molecule has 31 heavy (non-hydrogen) atoms. The minimum absolute atomic E-state index is 0.00995. The minimum Gasteiger partial charge on any atom is -0.497 e. The highest BCUT2D eigenvalue weighted by molar-refractivity contribution is 7.92. The summed E-state index contributed by atoms with van der Waals surface area (Å²) in [5.74, 6) is -0.416. The highest BCUT2D eigenvalue weighted by Crippen LogP contribution is 2.19. The Morgan fingerprint density at radius 1 is 1.06 bits per heavy atom. The number of rotatable bonds is 10. The summed E-state index contributed by atoms with van der Waals surface area (Å²) in [6.07, 6.45) is 3.43. The van der Waals surface area contributed by atoms with Crippen molar-refractivity contribution < 1.29 is 27.5 Å². The Hall–Kier alpha value is -3.33. The van der Waals surface area contributed by atoms with E-state index in [0.717, 1.165) is 6.42 Å². The molecule has 1 amide bonds. The third kappa shape index (κ3) is 7.78. The van der Waals surface area contributed by atoms with Crippen molar-refractivity contribution in [1.29, 1.82) is 0 Å². The lowest BCUT2D eigenvalue weighted by Crippen LogP contribution is -2.35. The van der Waals surface area contributed by atoms with Gasteiger partial charge in [-0.3, -0.25) is 9.52 Å². The first kappa shape index (κ1) is 23.9. The standard InChI is InChI=1S/C22H26N2O6S/c1-4-16(2)23-21(25)15-30-22(26)14-7-17-5-12-20(13-6-17)31(27,28)24-18-8-10-19(29-3)11-9-18/h5-14,16,24H,4,15H2,1-3H3,(H,23,25)/b14-7+. The average Bonchev–Trinajstić information content (AvgIpc) is 2.76. The second kappa shape index (κ2) is 11.2. The molecule has 1 unspecified atom stereocenters. The van der Waals surface area contributed by atoms with E-state index < -0.39 is 16.0 Å². The fourth-order valence-corrected chi connectivity index (χ4v) is 3.46. The van der Waals surface area contributed by atoms with Crippen LogP contribution in [-0.4, -0.2) is 40.1 Å². The number of carbonyl (C=O) groups is 2. The molecule has 2 aromatic carbocycles. The Balaban J connectivity index is 1.92. The van der Waals surface area contributed by atoms with E-state index in [1.54, 1.807) is 36.4 Å². The van der Waals surface area contributed by atoms with Gasteiger partial charge >= 0.3 is 5.97 Å². The molecule has 8 nitrogen and oxygen atoms in total. The van der Waals surface area contributed by atoms with Gasteiger partial charge in [-0.1, -0.05) is 19.1 Å².